The summed E-state index contributed by atoms with van der Waals surface area (Å²) in [4.78, 5) is 23.1. The smallest absolute Gasteiger partial charge is 0.276 e. The minimum Gasteiger partial charge on any atom is -0.489 e. The van der Waals surface area contributed by atoms with Gasteiger partial charge in [-0.3, -0.25) is 9.59 Å². The second-order valence-electron chi connectivity index (χ2n) is 5.39. The molecule has 7 heteroatoms. The first-order valence-electron chi connectivity index (χ1n) is 7.73. The Morgan fingerprint density at radius 1 is 1.15 bits per heavy atom. The van der Waals surface area contributed by atoms with Gasteiger partial charge in [-0.2, -0.15) is 10.4 Å². The predicted octanol–water partition coefficient (Wildman–Crippen LogP) is 2.47. The zero-order valence-corrected chi connectivity index (χ0v) is 13.6. The van der Waals surface area contributed by atoms with E-state index in [1.54, 1.807) is 42.5 Å². The van der Waals surface area contributed by atoms with Crippen LogP contribution in [0.25, 0.3) is 0 Å². The van der Waals surface area contributed by atoms with E-state index in [4.69, 9.17) is 10.00 Å². The van der Waals surface area contributed by atoms with Gasteiger partial charge in [-0.25, -0.2) is 5.10 Å². The predicted molar refractivity (Wildman–Crippen MR) is 94.7 cm³/mol. The number of aromatic nitrogens is 2. The van der Waals surface area contributed by atoms with Gasteiger partial charge in [-0.15, -0.1) is 0 Å². The van der Waals surface area contributed by atoms with Crippen LogP contribution in [-0.4, -0.2) is 16.1 Å². The molecule has 0 aliphatic heterocycles. The zero-order valence-electron chi connectivity index (χ0n) is 13.6. The number of rotatable bonds is 5. The summed E-state index contributed by atoms with van der Waals surface area (Å²) in [5.74, 6) is 0.125. The Morgan fingerprint density at radius 3 is 2.77 bits per heavy atom. The second kappa shape index (κ2) is 7.77. The molecule has 0 spiro atoms. The summed E-state index contributed by atoms with van der Waals surface area (Å²) >= 11 is 0. The fraction of sp³-hybridized carbons (Fsp3) is 0.0526. The minimum atomic E-state index is -0.444. The molecule has 0 bridgehead atoms. The van der Waals surface area contributed by atoms with Gasteiger partial charge in [-0.1, -0.05) is 18.2 Å². The van der Waals surface area contributed by atoms with Crippen molar-refractivity contribution in [3.8, 4) is 11.8 Å². The first-order valence-corrected chi connectivity index (χ1v) is 7.73. The van der Waals surface area contributed by atoms with Crippen LogP contribution in [-0.2, 0) is 6.61 Å². The number of anilines is 1. The summed E-state index contributed by atoms with van der Waals surface area (Å²) in [7, 11) is 0. The standard InChI is InChI=1S/C19H14N4O3/c20-11-13-3-1-4-14(9-13)12-26-16-6-2-5-15(10-16)21-19(25)17-7-8-18(24)23-22-17/h1-10H,12H2,(H,21,25)(H,23,24). The number of ether oxygens (including phenoxy) is 1. The maximum absolute atomic E-state index is 12.1. The van der Waals surface area contributed by atoms with Crippen molar-refractivity contribution >= 4 is 11.6 Å². The maximum Gasteiger partial charge on any atom is 0.276 e. The molecule has 3 rings (SSSR count). The fourth-order valence-electron chi connectivity index (χ4n) is 2.23. The molecule has 0 radical (unpaired) electrons. The molecule has 2 aromatic carbocycles. The summed E-state index contributed by atoms with van der Waals surface area (Å²) in [5.41, 5.74) is 1.70. The highest BCUT2D eigenvalue weighted by atomic mass is 16.5. The van der Waals surface area contributed by atoms with Crippen LogP contribution in [0, 0.1) is 11.3 Å². The molecule has 7 nitrogen and oxygen atoms in total. The van der Waals surface area contributed by atoms with E-state index in [0.29, 0.717) is 23.6 Å². The third kappa shape index (κ3) is 4.33. The van der Waals surface area contributed by atoms with Crippen LogP contribution in [0.3, 0.4) is 0 Å². The average Bonchev–Trinajstić information content (AvgIpc) is 2.67. The number of nitriles is 1. The second-order valence-corrected chi connectivity index (χ2v) is 5.39. The Hall–Kier alpha value is -3.92. The molecule has 0 aliphatic carbocycles. The van der Waals surface area contributed by atoms with Gasteiger partial charge in [0.1, 0.15) is 18.1 Å². The largest absolute Gasteiger partial charge is 0.489 e. The van der Waals surface area contributed by atoms with Gasteiger partial charge >= 0.3 is 0 Å². The lowest BCUT2D eigenvalue weighted by molar-refractivity contribution is 0.102. The van der Waals surface area contributed by atoms with Gasteiger partial charge in [0.2, 0.25) is 0 Å². The quantitative estimate of drug-likeness (QED) is 0.738. The van der Waals surface area contributed by atoms with Crippen molar-refractivity contribution < 1.29 is 9.53 Å². The monoisotopic (exact) mass is 346 g/mol. The Bertz CT molecular complexity index is 1020. The van der Waals surface area contributed by atoms with Crippen molar-refractivity contribution in [2.75, 3.05) is 5.32 Å². The van der Waals surface area contributed by atoms with Crippen LogP contribution in [0.1, 0.15) is 21.6 Å². The van der Waals surface area contributed by atoms with Crippen LogP contribution in [0.5, 0.6) is 5.75 Å². The number of hydrogen-bond acceptors (Lipinski definition) is 5. The number of benzene rings is 2. The highest BCUT2D eigenvalue weighted by Gasteiger charge is 2.08. The minimum absolute atomic E-state index is 0.101. The molecule has 0 aliphatic rings. The molecule has 1 aromatic heterocycles. The third-order valence-corrected chi connectivity index (χ3v) is 3.47. The van der Waals surface area contributed by atoms with E-state index in [1.165, 1.54) is 12.1 Å². The molecule has 3 aromatic rings. The van der Waals surface area contributed by atoms with Crippen LogP contribution in [0.2, 0.25) is 0 Å². The van der Waals surface area contributed by atoms with E-state index in [0.717, 1.165) is 5.56 Å². The van der Waals surface area contributed by atoms with Gasteiger partial charge in [0.25, 0.3) is 11.5 Å². The molecular formula is C19H14N4O3. The number of carbonyl (C=O) groups excluding carboxylic acids is 1. The van der Waals surface area contributed by atoms with Gasteiger partial charge in [0, 0.05) is 17.8 Å². The van der Waals surface area contributed by atoms with Crippen molar-refractivity contribution in [1.82, 2.24) is 10.2 Å². The number of amides is 1. The highest BCUT2D eigenvalue weighted by Crippen LogP contribution is 2.19. The maximum atomic E-state index is 12.1. The molecule has 1 heterocycles. The summed E-state index contributed by atoms with van der Waals surface area (Å²) in [6, 6.07) is 18.7. The Kier molecular flexibility index (Phi) is 5.05. The molecule has 2 N–H and O–H groups in total. The Labute approximate surface area is 148 Å². The number of nitrogens with zero attached hydrogens (tertiary/aromatic N) is 2. The molecule has 0 fully saturated rings. The van der Waals surface area contributed by atoms with Crippen molar-refractivity contribution in [3.63, 3.8) is 0 Å². The highest BCUT2D eigenvalue weighted by molar-refractivity contribution is 6.02. The Morgan fingerprint density at radius 2 is 2.00 bits per heavy atom. The lowest BCUT2D eigenvalue weighted by atomic mass is 10.1. The van der Waals surface area contributed by atoms with Gasteiger partial charge < -0.3 is 10.1 Å². The molecule has 26 heavy (non-hydrogen) atoms. The summed E-state index contributed by atoms with van der Waals surface area (Å²) in [6.45, 7) is 0.300. The normalized spacial score (nSPS) is 9.96. The van der Waals surface area contributed by atoms with Crippen LogP contribution < -0.4 is 15.6 Å². The number of hydrogen-bond donors (Lipinski definition) is 2. The molecular weight excluding hydrogens is 332 g/mol. The van der Waals surface area contributed by atoms with Gasteiger partial charge in [-0.05, 0) is 35.9 Å². The van der Waals surface area contributed by atoms with E-state index >= 15 is 0 Å². The van der Waals surface area contributed by atoms with Gasteiger partial charge in [0.15, 0.2) is 0 Å². The zero-order chi connectivity index (χ0) is 18.4. The fourth-order valence-corrected chi connectivity index (χ4v) is 2.23. The first kappa shape index (κ1) is 16.9. The van der Waals surface area contributed by atoms with E-state index in [-0.39, 0.29) is 11.3 Å². The average molecular weight is 346 g/mol. The van der Waals surface area contributed by atoms with Crippen molar-refractivity contribution in [2.45, 2.75) is 6.61 Å². The van der Waals surface area contributed by atoms with Crippen molar-refractivity contribution in [1.29, 1.82) is 5.26 Å². The molecule has 0 atom stereocenters. The van der Waals surface area contributed by atoms with Crippen LogP contribution in [0.4, 0.5) is 5.69 Å². The first-order chi connectivity index (χ1) is 12.6. The third-order valence-electron chi connectivity index (χ3n) is 3.47. The number of carbonyl (C=O) groups is 1. The van der Waals surface area contributed by atoms with Gasteiger partial charge in [0.05, 0.1) is 11.6 Å². The number of aromatic amines is 1. The molecule has 0 unspecified atom stereocenters. The Balaban J connectivity index is 1.66. The topological polar surface area (TPSA) is 108 Å². The van der Waals surface area contributed by atoms with Crippen LogP contribution >= 0.6 is 0 Å². The molecule has 0 saturated carbocycles. The lowest BCUT2D eigenvalue weighted by Crippen LogP contribution is -2.17. The molecule has 128 valence electrons. The van der Waals surface area contributed by atoms with E-state index in [2.05, 4.69) is 21.6 Å². The number of H-pyrrole nitrogens is 1. The van der Waals surface area contributed by atoms with E-state index in [9.17, 15) is 9.59 Å². The SMILES string of the molecule is N#Cc1cccc(COc2cccc(NC(=O)c3ccc(=O)[nH]n3)c2)c1. The van der Waals surface area contributed by atoms with E-state index in [1.807, 2.05) is 6.07 Å². The lowest BCUT2D eigenvalue weighted by Gasteiger charge is -2.09. The van der Waals surface area contributed by atoms with E-state index < -0.39 is 5.91 Å². The molecule has 1 amide bonds. The summed E-state index contributed by atoms with van der Waals surface area (Å²) < 4.78 is 5.71. The molecule has 0 saturated heterocycles. The number of nitrogens with one attached hydrogen (secondary N) is 2. The van der Waals surface area contributed by atoms with Crippen LogP contribution in [0.15, 0.2) is 65.5 Å². The summed E-state index contributed by atoms with van der Waals surface area (Å²) in [5, 5.41) is 17.5. The summed E-state index contributed by atoms with van der Waals surface area (Å²) in [6.07, 6.45) is 0. The van der Waals surface area contributed by atoms with Crippen molar-refractivity contribution in [2.24, 2.45) is 0 Å². The van der Waals surface area contributed by atoms with Crippen molar-refractivity contribution in [3.05, 3.63) is 87.8 Å².